The van der Waals surface area contributed by atoms with Crippen LogP contribution in [0.2, 0.25) is 0 Å². The molecule has 1 saturated heterocycles. The first kappa shape index (κ1) is 15.2. The molecule has 1 amide bonds. The van der Waals surface area contributed by atoms with Crippen LogP contribution in [0.25, 0.3) is 0 Å². The van der Waals surface area contributed by atoms with Crippen LogP contribution in [-0.4, -0.2) is 46.0 Å². The van der Waals surface area contributed by atoms with Crippen LogP contribution in [0.1, 0.15) is 36.2 Å². The second-order valence-corrected chi connectivity index (χ2v) is 6.46. The van der Waals surface area contributed by atoms with E-state index in [1.807, 2.05) is 12.4 Å². The number of aryl methyl sites for hydroxylation is 1. The molecule has 2 aromatic heterocycles. The molecule has 0 saturated carbocycles. The lowest BCUT2D eigenvalue weighted by Gasteiger charge is -2.24. The third-order valence-electron chi connectivity index (χ3n) is 3.97. The number of nitrogens with zero attached hydrogens (tertiary/aromatic N) is 4. The molecule has 1 fully saturated rings. The molecule has 0 radical (unpaired) electrons. The monoisotopic (exact) mass is 320 g/mol. The zero-order valence-corrected chi connectivity index (χ0v) is 13.7. The predicted molar refractivity (Wildman–Crippen MR) is 83.4 cm³/mol. The van der Waals surface area contributed by atoms with Crippen molar-refractivity contribution < 1.29 is 9.32 Å². The summed E-state index contributed by atoms with van der Waals surface area (Å²) in [5.41, 5.74) is 1.17. The molecule has 1 unspecified atom stereocenters. The highest BCUT2D eigenvalue weighted by atomic mass is 32.1. The molecule has 7 heteroatoms. The van der Waals surface area contributed by atoms with Gasteiger partial charge >= 0.3 is 0 Å². The highest BCUT2D eigenvalue weighted by molar-refractivity contribution is 7.07. The Morgan fingerprint density at radius 3 is 3.14 bits per heavy atom. The van der Waals surface area contributed by atoms with Crippen molar-refractivity contribution in [1.82, 2.24) is 19.9 Å². The Morgan fingerprint density at radius 1 is 1.59 bits per heavy atom. The number of rotatable bonds is 5. The van der Waals surface area contributed by atoms with E-state index in [1.54, 1.807) is 23.2 Å². The Balaban J connectivity index is 1.60. The molecule has 6 nitrogen and oxygen atoms in total. The zero-order chi connectivity index (χ0) is 15.5. The molecule has 1 atom stereocenters. The van der Waals surface area contributed by atoms with Crippen molar-refractivity contribution in [3.63, 3.8) is 0 Å². The fraction of sp³-hybridized carbons (Fsp3) is 0.533. The molecule has 0 aliphatic carbocycles. The van der Waals surface area contributed by atoms with Crippen LogP contribution in [0.4, 0.5) is 0 Å². The summed E-state index contributed by atoms with van der Waals surface area (Å²) in [5, 5.41) is 8.11. The summed E-state index contributed by atoms with van der Waals surface area (Å²) in [6.07, 6.45) is 2.03. The van der Waals surface area contributed by atoms with Gasteiger partial charge in [-0.05, 0) is 41.8 Å². The minimum Gasteiger partial charge on any atom is -0.340 e. The number of likely N-dealkylation sites (N-methyl/N-ethyl adjacent to an activating group) is 1. The van der Waals surface area contributed by atoms with Crippen molar-refractivity contribution in [3.8, 4) is 0 Å². The fourth-order valence-corrected chi connectivity index (χ4v) is 3.46. The van der Waals surface area contributed by atoms with Gasteiger partial charge in [-0.15, -0.1) is 0 Å². The van der Waals surface area contributed by atoms with Gasteiger partial charge in [-0.2, -0.15) is 16.3 Å². The van der Waals surface area contributed by atoms with Gasteiger partial charge in [0.25, 0.3) is 0 Å². The van der Waals surface area contributed by atoms with Gasteiger partial charge in [-0.3, -0.25) is 9.69 Å². The molecule has 2 aromatic rings. The topological polar surface area (TPSA) is 62.5 Å². The van der Waals surface area contributed by atoms with Gasteiger partial charge in [0.15, 0.2) is 5.82 Å². The highest BCUT2D eigenvalue weighted by Gasteiger charge is 2.31. The van der Waals surface area contributed by atoms with Gasteiger partial charge in [-0.1, -0.05) is 5.16 Å². The molecular weight excluding hydrogens is 300 g/mol. The largest absolute Gasteiger partial charge is 0.340 e. The van der Waals surface area contributed by atoms with E-state index >= 15 is 0 Å². The number of thiophene rings is 1. The molecule has 0 bridgehead atoms. The Hall–Kier alpha value is -1.73. The van der Waals surface area contributed by atoms with Crippen LogP contribution in [-0.2, 0) is 11.3 Å². The number of hydrogen-bond donors (Lipinski definition) is 0. The number of likely N-dealkylation sites (tertiary alicyclic amines) is 1. The lowest BCUT2D eigenvalue weighted by Crippen LogP contribution is -2.38. The molecule has 22 heavy (non-hydrogen) atoms. The van der Waals surface area contributed by atoms with Gasteiger partial charge in [0, 0.05) is 20.5 Å². The van der Waals surface area contributed by atoms with Crippen LogP contribution in [0.5, 0.6) is 0 Å². The summed E-state index contributed by atoms with van der Waals surface area (Å²) in [5.74, 6) is 1.39. The number of carbonyl (C=O) groups excluding carboxylic acids is 1. The Kier molecular flexibility index (Phi) is 4.54. The Bertz CT molecular complexity index is 625. The molecule has 3 heterocycles. The highest BCUT2D eigenvalue weighted by Crippen LogP contribution is 2.29. The Labute approximate surface area is 133 Å². The second-order valence-electron chi connectivity index (χ2n) is 5.68. The molecule has 3 rings (SSSR count). The fourth-order valence-electron chi connectivity index (χ4n) is 2.80. The smallest absolute Gasteiger partial charge is 0.236 e. The molecular formula is C15H20N4O2S. The van der Waals surface area contributed by atoms with Gasteiger partial charge in [0.1, 0.15) is 0 Å². The number of carbonyl (C=O) groups is 1. The summed E-state index contributed by atoms with van der Waals surface area (Å²) in [6.45, 7) is 3.74. The third-order valence-corrected chi connectivity index (χ3v) is 4.70. The number of aromatic nitrogens is 2. The van der Waals surface area contributed by atoms with Gasteiger partial charge in [0.05, 0.1) is 12.6 Å². The first-order valence-corrected chi connectivity index (χ1v) is 8.37. The number of amides is 1. The van der Waals surface area contributed by atoms with Gasteiger partial charge < -0.3 is 9.42 Å². The van der Waals surface area contributed by atoms with Gasteiger partial charge in [-0.25, -0.2) is 0 Å². The van der Waals surface area contributed by atoms with Crippen molar-refractivity contribution in [3.05, 3.63) is 34.1 Å². The van der Waals surface area contributed by atoms with E-state index in [0.717, 1.165) is 19.4 Å². The summed E-state index contributed by atoms with van der Waals surface area (Å²) in [6, 6.07) is 2.14. The summed E-state index contributed by atoms with van der Waals surface area (Å²) < 4.78 is 5.07. The minimum absolute atomic E-state index is 0.0935. The van der Waals surface area contributed by atoms with E-state index in [1.165, 1.54) is 5.56 Å². The lowest BCUT2D eigenvalue weighted by atomic mass is 10.2. The van der Waals surface area contributed by atoms with E-state index in [-0.39, 0.29) is 11.9 Å². The second kappa shape index (κ2) is 6.58. The molecule has 1 aliphatic rings. The summed E-state index contributed by atoms with van der Waals surface area (Å²) >= 11 is 1.65. The number of hydrogen-bond acceptors (Lipinski definition) is 6. The summed E-state index contributed by atoms with van der Waals surface area (Å²) in [7, 11) is 1.85. The Morgan fingerprint density at radius 2 is 2.45 bits per heavy atom. The third kappa shape index (κ3) is 3.36. The lowest BCUT2D eigenvalue weighted by molar-refractivity contribution is -0.131. The molecule has 118 valence electrons. The first-order chi connectivity index (χ1) is 10.6. The van der Waals surface area contributed by atoms with Crippen LogP contribution >= 0.6 is 11.3 Å². The maximum absolute atomic E-state index is 12.4. The average Bonchev–Trinajstić information content (AvgIpc) is 3.20. The summed E-state index contributed by atoms with van der Waals surface area (Å²) in [4.78, 5) is 20.7. The SMILES string of the molecule is Cc1nc(C2CCCN2CC(=O)N(C)Cc2ccsc2)no1. The van der Waals surface area contributed by atoms with Crippen molar-refractivity contribution in [1.29, 1.82) is 0 Å². The van der Waals surface area contributed by atoms with Crippen LogP contribution in [0, 0.1) is 6.92 Å². The molecule has 1 aliphatic heterocycles. The van der Waals surface area contributed by atoms with Crippen molar-refractivity contribution in [2.24, 2.45) is 0 Å². The standard InChI is InChI=1S/C15H20N4O2S/c1-11-16-15(17-21-11)13-4-3-6-19(13)9-14(20)18(2)8-12-5-7-22-10-12/h5,7,10,13H,3-4,6,8-9H2,1-2H3. The van der Waals surface area contributed by atoms with Crippen molar-refractivity contribution >= 4 is 17.2 Å². The first-order valence-electron chi connectivity index (χ1n) is 7.43. The molecule has 0 N–H and O–H groups in total. The maximum Gasteiger partial charge on any atom is 0.236 e. The molecule has 0 aromatic carbocycles. The van der Waals surface area contributed by atoms with Crippen LogP contribution < -0.4 is 0 Å². The quantitative estimate of drug-likeness (QED) is 0.845. The van der Waals surface area contributed by atoms with E-state index in [4.69, 9.17) is 4.52 Å². The van der Waals surface area contributed by atoms with Crippen molar-refractivity contribution in [2.75, 3.05) is 20.1 Å². The zero-order valence-electron chi connectivity index (χ0n) is 12.9. The minimum atomic E-state index is 0.0935. The maximum atomic E-state index is 12.4. The predicted octanol–water partition coefficient (Wildman–Crippen LogP) is 2.24. The molecule has 0 spiro atoms. The van der Waals surface area contributed by atoms with Crippen LogP contribution in [0.3, 0.4) is 0 Å². The van der Waals surface area contributed by atoms with Crippen LogP contribution in [0.15, 0.2) is 21.3 Å². The van der Waals surface area contributed by atoms with E-state index < -0.39 is 0 Å². The van der Waals surface area contributed by atoms with Crippen molar-refractivity contribution in [2.45, 2.75) is 32.4 Å². The normalized spacial score (nSPS) is 18.7. The van der Waals surface area contributed by atoms with E-state index in [9.17, 15) is 4.79 Å². The van der Waals surface area contributed by atoms with Gasteiger partial charge in [0.2, 0.25) is 11.8 Å². The van der Waals surface area contributed by atoms with E-state index in [2.05, 4.69) is 26.5 Å². The average molecular weight is 320 g/mol. The van der Waals surface area contributed by atoms with E-state index in [0.29, 0.717) is 24.8 Å².